The number of anilines is 1. The normalized spacial score (nSPS) is 23.4. The molecule has 2 aliphatic rings. The van der Waals surface area contributed by atoms with Gasteiger partial charge in [-0.2, -0.15) is 10.2 Å². The van der Waals surface area contributed by atoms with Gasteiger partial charge >= 0.3 is 0 Å². The average Bonchev–Trinajstić information content (AvgIpc) is 3.35. The molecule has 1 saturated heterocycles. The fraction of sp³-hybridized carbons (Fsp3) is 0.556. The van der Waals surface area contributed by atoms with Crippen LogP contribution in [0.1, 0.15) is 30.0 Å². The van der Waals surface area contributed by atoms with Gasteiger partial charge in [-0.25, -0.2) is 0 Å². The van der Waals surface area contributed by atoms with Crippen molar-refractivity contribution in [2.24, 2.45) is 13.0 Å². The quantitative estimate of drug-likeness (QED) is 0.844. The van der Waals surface area contributed by atoms with Crippen LogP contribution in [0, 0.1) is 12.8 Å². The molecule has 0 unspecified atom stereocenters. The lowest BCUT2D eigenvalue weighted by atomic mass is 10.2. The van der Waals surface area contributed by atoms with E-state index in [1.54, 1.807) is 0 Å². The van der Waals surface area contributed by atoms with Crippen LogP contribution in [0.3, 0.4) is 0 Å². The summed E-state index contributed by atoms with van der Waals surface area (Å²) in [6, 6.07) is 4.00. The predicted octanol–water partition coefficient (Wildman–Crippen LogP) is 1.36. The van der Waals surface area contributed by atoms with Gasteiger partial charge in [-0.3, -0.25) is 9.48 Å². The molecular weight excluding hydrogens is 316 g/mol. The molecule has 25 heavy (non-hydrogen) atoms. The van der Waals surface area contributed by atoms with Crippen molar-refractivity contribution in [2.75, 3.05) is 31.1 Å². The zero-order valence-corrected chi connectivity index (χ0v) is 14.8. The summed E-state index contributed by atoms with van der Waals surface area (Å²) in [6.07, 6.45) is 5.83. The monoisotopic (exact) mass is 340 g/mol. The molecule has 2 aromatic rings. The highest BCUT2D eigenvalue weighted by atomic mass is 16.2. The maximum atomic E-state index is 12.8. The maximum Gasteiger partial charge on any atom is 0.226 e. The molecule has 3 heterocycles. The lowest BCUT2D eigenvalue weighted by molar-refractivity contribution is -0.132. The lowest BCUT2D eigenvalue weighted by Gasteiger charge is -2.22. The van der Waals surface area contributed by atoms with E-state index in [4.69, 9.17) is 0 Å². The number of rotatable bonds is 3. The summed E-state index contributed by atoms with van der Waals surface area (Å²) >= 11 is 0. The molecule has 0 spiro atoms. The van der Waals surface area contributed by atoms with Crippen LogP contribution in [-0.4, -0.2) is 57.0 Å². The molecule has 1 amide bonds. The topological polar surface area (TPSA) is 67.2 Å². The third-order valence-corrected chi connectivity index (χ3v) is 5.18. The highest BCUT2D eigenvalue weighted by molar-refractivity contribution is 5.83. The third kappa shape index (κ3) is 3.36. The first-order chi connectivity index (χ1) is 12.1. The van der Waals surface area contributed by atoms with Crippen molar-refractivity contribution in [3.63, 3.8) is 0 Å². The van der Waals surface area contributed by atoms with Crippen LogP contribution in [-0.2, 0) is 11.8 Å². The van der Waals surface area contributed by atoms with E-state index in [0.29, 0.717) is 11.8 Å². The molecule has 1 aliphatic carbocycles. The molecular formula is C18H24N6O. The van der Waals surface area contributed by atoms with Gasteiger partial charge in [-0.05, 0) is 43.4 Å². The van der Waals surface area contributed by atoms with Gasteiger partial charge in [0.25, 0.3) is 0 Å². The Bertz CT molecular complexity index is 755. The summed E-state index contributed by atoms with van der Waals surface area (Å²) < 4.78 is 1.81. The Morgan fingerprint density at radius 1 is 1.16 bits per heavy atom. The molecule has 2 fully saturated rings. The van der Waals surface area contributed by atoms with E-state index in [1.165, 1.54) is 5.56 Å². The molecule has 1 aliphatic heterocycles. The number of aryl methyl sites for hydroxylation is 2. The smallest absolute Gasteiger partial charge is 0.226 e. The summed E-state index contributed by atoms with van der Waals surface area (Å²) in [5, 5.41) is 12.6. The van der Waals surface area contributed by atoms with Crippen molar-refractivity contribution in [3.05, 3.63) is 35.8 Å². The van der Waals surface area contributed by atoms with Crippen molar-refractivity contribution in [1.29, 1.82) is 0 Å². The Balaban J connectivity index is 1.36. The van der Waals surface area contributed by atoms with E-state index in [9.17, 15) is 4.79 Å². The van der Waals surface area contributed by atoms with Crippen LogP contribution in [0.4, 0.5) is 5.82 Å². The minimum atomic E-state index is 0.134. The van der Waals surface area contributed by atoms with Gasteiger partial charge in [0.15, 0.2) is 5.82 Å². The van der Waals surface area contributed by atoms with Crippen molar-refractivity contribution >= 4 is 11.7 Å². The highest BCUT2D eigenvalue weighted by Crippen LogP contribution is 2.48. The van der Waals surface area contributed by atoms with E-state index in [0.717, 1.165) is 50.5 Å². The Labute approximate surface area is 147 Å². The van der Waals surface area contributed by atoms with Crippen LogP contribution in [0.15, 0.2) is 24.5 Å². The Kier molecular flexibility index (Phi) is 4.15. The van der Waals surface area contributed by atoms with Gasteiger partial charge < -0.3 is 9.80 Å². The largest absolute Gasteiger partial charge is 0.353 e. The molecule has 1 saturated carbocycles. The van der Waals surface area contributed by atoms with Crippen molar-refractivity contribution < 1.29 is 4.79 Å². The van der Waals surface area contributed by atoms with Crippen molar-refractivity contribution in [3.8, 4) is 0 Å². The first-order valence-corrected chi connectivity index (χ1v) is 8.94. The first-order valence-electron chi connectivity index (χ1n) is 8.94. The number of hydrogen-bond donors (Lipinski definition) is 0. The Morgan fingerprint density at radius 3 is 2.76 bits per heavy atom. The van der Waals surface area contributed by atoms with E-state index in [2.05, 4.69) is 20.2 Å². The fourth-order valence-electron chi connectivity index (χ4n) is 3.63. The van der Waals surface area contributed by atoms with E-state index >= 15 is 0 Å². The van der Waals surface area contributed by atoms with Crippen LogP contribution in [0.2, 0.25) is 0 Å². The van der Waals surface area contributed by atoms with Crippen LogP contribution in [0.5, 0.6) is 0 Å². The van der Waals surface area contributed by atoms with E-state index < -0.39 is 0 Å². The van der Waals surface area contributed by atoms with Gasteiger partial charge in [0.2, 0.25) is 5.91 Å². The number of aromatic nitrogens is 4. The number of hydrogen-bond acceptors (Lipinski definition) is 5. The molecule has 2 aromatic heterocycles. The Morgan fingerprint density at radius 2 is 2.04 bits per heavy atom. The molecule has 7 nitrogen and oxygen atoms in total. The molecule has 0 aromatic carbocycles. The molecule has 7 heteroatoms. The second kappa shape index (κ2) is 6.46. The molecule has 0 N–H and O–H groups in total. The van der Waals surface area contributed by atoms with Crippen molar-refractivity contribution in [2.45, 2.75) is 25.7 Å². The molecule has 0 radical (unpaired) electrons. The van der Waals surface area contributed by atoms with Crippen LogP contribution < -0.4 is 4.90 Å². The SMILES string of the molecule is Cc1ccc(N2CCCN(C(=O)[C@H]3C[C@H]3c3cnn(C)c3)CC2)nn1. The van der Waals surface area contributed by atoms with Gasteiger partial charge in [0, 0.05) is 45.3 Å². The number of nitrogens with zero attached hydrogens (tertiary/aromatic N) is 6. The predicted molar refractivity (Wildman–Crippen MR) is 94.2 cm³/mol. The number of carbonyl (C=O) groups is 1. The van der Waals surface area contributed by atoms with Gasteiger partial charge in [0.1, 0.15) is 0 Å². The zero-order valence-electron chi connectivity index (χ0n) is 14.8. The summed E-state index contributed by atoms with van der Waals surface area (Å²) in [7, 11) is 1.92. The number of carbonyl (C=O) groups excluding carboxylic acids is 1. The summed E-state index contributed by atoms with van der Waals surface area (Å²) in [6.45, 7) is 5.25. The minimum absolute atomic E-state index is 0.134. The Hall–Kier alpha value is -2.44. The first kappa shape index (κ1) is 16.1. The van der Waals surface area contributed by atoms with Gasteiger partial charge in [0.05, 0.1) is 11.9 Å². The minimum Gasteiger partial charge on any atom is -0.353 e. The average molecular weight is 340 g/mol. The van der Waals surface area contributed by atoms with E-state index in [-0.39, 0.29) is 5.92 Å². The zero-order chi connectivity index (χ0) is 17.4. The summed E-state index contributed by atoms with van der Waals surface area (Å²) in [4.78, 5) is 17.1. The van der Waals surface area contributed by atoms with E-state index in [1.807, 2.05) is 48.1 Å². The second-order valence-electron chi connectivity index (χ2n) is 7.09. The fourth-order valence-corrected chi connectivity index (χ4v) is 3.63. The molecule has 132 valence electrons. The molecule has 4 rings (SSSR count). The molecule has 0 bridgehead atoms. The second-order valence-corrected chi connectivity index (χ2v) is 7.09. The van der Waals surface area contributed by atoms with Crippen molar-refractivity contribution in [1.82, 2.24) is 24.9 Å². The maximum absolute atomic E-state index is 12.8. The van der Waals surface area contributed by atoms with Gasteiger partial charge in [-0.1, -0.05) is 0 Å². The highest BCUT2D eigenvalue weighted by Gasteiger charge is 2.46. The standard InChI is InChI=1S/C18H24N6O/c1-13-4-5-17(21-20-13)23-6-3-7-24(9-8-23)18(25)16-10-15(16)14-11-19-22(2)12-14/h4-5,11-12,15-16H,3,6-10H2,1-2H3/t15-,16-/m0/s1. The number of amides is 1. The third-order valence-electron chi connectivity index (χ3n) is 5.18. The van der Waals surface area contributed by atoms with Crippen LogP contribution in [0.25, 0.3) is 0 Å². The van der Waals surface area contributed by atoms with Crippen LogP contribution >= 0.6 is 0 Å². The summed E-state index contributed by atoms with van der Waals surface area (Å²) in [5.41, 5.74) is 2.11. The molecule has 2 atom stereocenters. The lowest BCUT2D eigenvalue weighted by Crippen LogP contribution is -2.36. The summed E-state index contributed by atoms with van der Waals surface area (Å²) in [5.74, 6) is 1.68. The van der Waals surface area contributed by atoms with Gasteiger partial charge in [-0.15, -0.1) is 5.10 Å².